The summed E-state index contributed by atoms with van der Waals surface area (Å²) in [6.45, 7) is 7.04. The molecule has 10 heavy (non-hydrogen) atoms. The van der Waals surface area contributed by atoms with E-state index in [2.05, 4.69) is 28.8 Å². The third kappa shape index (κ3) is 1.05. The predicted octanol–water partition coefficient (Wildman–Crippen LogP) is 0.608. The van der Waals surface area contributed by atoms with Gasteiger partial charge in [-0.05, 0) is 6.08 Å². The minimum atomic E-state index is 0.667. The highest BCUT2D eigenvalue weighted by atomic mass is 15.5. The van der Waals surface area contributed by atoms with Crippen LogP contribution in [-0.2, 0) is 0 Å². The van der Waals surface area contributed by atoms with Gasteiger partial charge in [0.25, 0.3) is 0 Å². The Morgan fingerprint density at radius 3 is 3.00 bits per heavy atom. The summed E-state index contributed by atoms with van der Waals surface area (Å²) in [5, 5.41) is 7.38. The number of nitrogens with zero attached hydrogens (tertiary/aromatic N) is 3. The lowest BCUT2D eigenvalue weighted by atomic mass is 10.6. The van der Waals surface area contributed by atoms with Gasteiger partial charge in [0.1, 0.15) is 6.33 Å². The van der Waals surface area contributed by atoms with E-state index in [0.29, 0.717) is 5.82 Å². The molecular formula is C6H8N4. The molecule has 0 bridgehead atoms. The number of rotatable bonds is 3. The lowest BCUT2D eigenvalue weighted by molar-refractivity contribution is 0.934. The Bertz CT molecular complexity index is 238. The zero-order valence-corrected chi connectivity index (χ0v) is 5.49. The van der Waals surface area contributed by atoms with Gasteiger partial charge in [0.2, 0.25) is 0 Å². The summed E-state index contributed by atoms with van der Waals surface area (Å²) in [6, 6.07) is 0. The summed E-state index contributed by atoms with van der Waals surface area (Å²) in [6.07, 6.45) is 4.68. The van der Waals surface area contributed by atoms with Crippen molar-refractivity contribution in [3.05, 3.63) is 31.5 Å². The Balaban J connectivity index is 2.89. The monoisotopic (exact) mass is 136 g/mol. The first kappa shape index (κ1) is 6.54. The van der Waals surface area contributed by atoms with Gasteiger partial charge in [-0.25, -0.2) is 4.68 Å². The smallest absolute Gasteiger partial charge is 0.174 e. The highest BCUT2D eigenvalue weighted by Crippen LogP contribution is 1.91. The summed E-state index contributed by atoms with van der Waals surface area (Å²) in [4.78, 5) is 0. The van der Waals surface area contributed by atoms with Gasteiger partial charge in [-0.3, -0.25) is 5.43 Å². The molecule has 1 N–H and O–H groups in total. The number of hydrogen-bond acceptors (Lipinski definition) is 3. The summed E-state index contributed by atoms with van der Waals surface area (Å²) in [5.41, 5.74) is 2.79. The zero-order valence-electron chi connectivity index (χ0n) is 5.49. The molecule has 0 aliphatic carbocycles. The Kier molecular flexibility index (Phi) is 1.84. The van der Waals surface area contributed by atoms with Crippen LogP contribution in [-0.4, -0.2) is 14.9 Å². The normalized spacial score (nSPS) is 8.80. The molecule has 0 amide bonds. The van der Waals surface area contributed by atoms with Crippen LogP contribution in [0.2, 0.25) is 0 Å². The van der Waals surface area contributed by atoms with E-state index in [0.717, 1.165) is 0 Å². The van der Waals surface area contributed by atoms with Crippen molar-refractivity contribution in [3.63, 3.8) is 0 Å². The van der Waals surface area contributed by atoms with Gasteiger partial charge in [-0.15, -0.1) is 10.2 Å². The fourth-order valence-corrected chi connectivity index (χ4v) is 0.581. The average molecular weight is 136 g/mol. The quantitative estimate of drug-likeness (QED) is 0.662. The second-order valence-corrected chi connectivity index (χ2v) is 1.60. The highest BCUT2D eigenvalue weighted by molar-refractivity contribution is 5.35. The molecule has 0 unspecified atom stereocenters. The van der Waals surface area contributed by atoms with Crippen LogP contribution in [0.1, 0.15) is 5.82 Å². The van der Waals surface area contributed by atoms with Crippen LogP contribution < -0.4 is 5.43 Å². The van der Waals surface area contributed by atoms with E-state index in [1.54, 1.807) is 17.1 Å². The summed E-state index contributed by atoms with van der Waals surface area (Å²) in [5.74, 6) is 0.667. The maximum Gasteiger partial charge on any atom is 0.174 e. The maximum atomic E-state index is 3.74. The maximum absolute atomic E-state index is 3.74. The van der Waals surface area contributed by atoms with Crippen molar-refractivity contribution in [1.82, 2.24) is 14.9 Å². The van der Waals surface area contributed by atoms with E-state index in [-0.39, 0.29) is 0 Å². The molecule has 0 spiro atoms. The molecule has 0 atom stereocenters. The van der Waals surface area contributed by atoms with Crippen molar-refractivity contribution < 1.29 is 0 Å². The Labute approximate surface area is 58.9 Å². The van der Waals surface area contributed by atoms with Crippen molar-refractivity contribution in [2.75, 3.05) is 5.43 Å². The Hall–Kier alpha value is -1.58. The van der Waals surface area contributed by atoms with E-state index in [1.807, 2.05) is 0 Å². The molecule has 1 heterocycles. The molecule has 1 aromatic heterocycles. The number of hydrogen-bond donors (Lipinski definition) is 1. The minimum absolute atomic E-state index is 0.667. The molecule has 1 aromatic rings. The second kappa shape index (κ2) is 2.82. The predicted molar refractivity (Wildman–Crippen MR) is 39.7 cm³/mol. The SMILES string of the molecule is C=CNn1cnnc1C=C. The van der Waals surface area contributed by atoms with Gasteiger partial charge in [0.15, 0.2) is 5.82 Å². The van der Waals surface area contributed by atoms with Crippen molar-refractivity contribution in [2.24, 2.45) is 0 Å². The lowest BCUT2D eigenvalue weighted by Gasteiger charge is -1.99. The van der Waals surface area contributed by atoms with E-state index in [1.165, 1.54) is 6.20 Å². The van der Waals surface area contributed by atoms with Crippen LogP contribution in [0.15, 0.2) is 25.7 Å². The number of aromatic nitrogens is 3. The van der Waals surface area contributed by atoms with Crippen LogP contribution >= 0.6 is 0 Å². The molecule has 0 radical (unpaired) electrons. The van der Waals surface area contributed by atoms with E-state index >= 15 is 0 Å². The first-order valence-corrected chi connectivity index (χ1v) is 2.78. The third-order valence-electron chi connectivity index (χ3n) is 0.987. The van der Waals surface area contributed by atoms with Crippen LogP contribution in [0, 0.1) is 0 Å². The Morgan fingerprint density at radius 2 is 2.40 bits per heavy atom. The van der Waals surface area contributed by atoms with Crippen molar-refractivity contribution >= 4 is 6.08 Å². The van der Waals surface area contributed by atoms with Gasteiger partial charge >= 0.3 is 0 Å². The molecule has 4 heteroatoms. The van der Waals surface area contributed by atoms with Gasteiger partial charge in [-0.1, -0.05) is 13.2 Å². The molecule has 0 aliphatic rings. The second-order valence-electron chi connectivity index (χ2n) is 1.60. The fraction of sp³-hybridized carbons (Fsp3) is 0. The van der Waals surface area contributed by atoms with Crippen LogP contribution in [0.5, 0.6) is 0 Å². The van der Waals surface area contributed by atoms with E-state index < -0.39 is 0 Å². The molecule has 0 saturated carbocycles. The minimum Gasteiger partial charge on any atom is -0.299 e. The highest BCUT2D eigenvalue weighted by Gasteiger charge is 1.93. The first-order valence-electron chi connectivity index (χ1n) is 2.78. The zero-order chi connectivity index (χ0) is 7.40. The molecule has 52 valence electrons. The fourth-order valence-electron chi connectivity index (χ4n) is 0.581. The van der Waals surface area contributed by atoms with E-state index in [4.69, 9.17) is 0 Å². The van der Waals surface area contributed by atoms with Gasteiger partial charge in [-0.2, -0.15) is 0 Å². The van der Waals surface area contributed by atoms with Crippen LogP contribution in [0.25, 0.3) is 6.08 Å². The summed E-state index contributed by atoms with van der Waals surface area (Å²) < 4.78 is 1.61. The van der Waals surface area contributed by atoms with Gasteiger partial charge in [0, 0.05) is 6.20 Å². The molecule has 0 saturated heterocycles. The Morgan fingerprint density at radius 1 is 1.60 bits per heavy atom. The third-order valence-corrected chi connectivity index (χ3v) is 0.987. The molecule has 4 nitrogen and oxygen atoms in total. The summed E-state index contributed by atoms with van der Waals surface area (Å²) in [7, 11) is 0. The van der Waals surface area contributed by atoms with Gasteiger partial charge < -0.3 is 0 Å². The molecule has 0 aromatic carbocycles. The molecule has 1 rings (SSSR count). The molecule has 0 fully saturated rings. The lowest BCUT2D eigenvalue weighted by Crippen LogP contribution is -2.07. The van der Waals surface area contributed by atoms with Gasteiger partial charge in [0.05, 0.1) is 0 Å². The largest absolute Gasteiger partial charge is 0.299 e. The molecular weight excluding hydrogens is 128 g/mol. The number of nitrogens with one attached hydrogen (secondary N) is 1. The van der Waals surface area contributed by atoms with E-state index in [9.17, 15) is 0 Å². The summed E-state index contributed by atoms with van der Waals surface area (Å²) >= 11 is 0. The first-order chi connectivity index (χ1) is 4.88. The molecule has 0 aliphatic heterocycles. The van der Waals surface area contributed by atoms with Crippen LogP contribution in [0.3, 0.4) is 0 Å². The standard InChI is InChI=1S/C6H8N4/c1-3-6-9-7-5-10(6)8-4-2/h3-5,8H,1-2H2. The van der Waals surface area contributed by atoms with Crippen LogP contribution in [0.4, 0.5) is 0 Å². The van der Waals surface area contributed by atoms with Crippen molar-refractivity contribution in [2.45, 2.75) is 0 Å². The van der Waals surface area contributed by atoms with Crippen molar-refractivity contribution in [3.8, 4) is 0 Å². The topological polar surface area (TPSA) is 42.7 Å². The average Bonchev–Trinajstić information content (AvgIpc) is 2.36. The van der Waals surface area contributed by atoms with Crippen molar-refractivity contribution in [1.29, 1.82) is 0 Å².